The Morgan fingerprint density at radius 1 is 1.27 bits per heavy atom. The van der Waals surface area contributed by atoms with Crippen molar-refractivity contribution in [3.05, 3.63) is 35.9 Å². The first-order valence-corrected chi connectivity index (χ1v) is 11.4. The number of piperazine rings is 1. The highest BCUT2D eigenvalue weighted by molar-refractivity contribution is 5.91. The number of ether oxygens (including phenoxy) is 1. The summed E-state index contributed by atoms with van der Waals surface area (Å²) in [5.74, 6) is 2.28. The van der Waals surface area contributed by atoms with Gasteiger partial charge < -0.3 is 19.9 Å². The maximum absolute atomic E-state index is 13.4. The van der Waals surface area contributed by atoms with Crippen LogP contribution in [-0.4, -0.2) is 89.8 Å². The van der Waals surface area contributed by atoms with Crippen LogP contribution in [0, 0.1) is 12.3 Å². The van der Waals surface area contributed by atoms with Crippen LogP contribution in [0.1, 0.15) is 31.7 Å². The fraction of sp³-hybridized carbons (Fsp3) is 0.542. The number of urea groups is 1. The van der Waals surface area contributed by atoms with Gasteiger partial charge in [0.1, 0.15) is 12.2 Å². The zero-order valence-electron chi connectivity index (χ0n) is 19.4. The minimum atomic E-state index is -0.618. The third kappa shape index (κ3) is 5.64. The Morgan fingerprint density at radius 2 is 2.03 bits per heavy atom. The zero-order chi connectivity index (χ0) is 23.8. The second kappa shape index (κ2) is 11.7. The van der Waals surface area contributed by atoms with Crippen LogP contribution in [0.3, 0.4) is 0 Å². The number of hydrogen-bond acceptors (Lipinski definition) is 5. The molecule has 1 aromatic carbocycles. The lowest BCUT2D eigenvalue weighted by Crippen LogP contribution is -2.76. The molecular weight excluding hydrogens is 422 g/mol. The SMILES string of the molecule is C#CCN1CC(=O)N2[C@@H](CCC)C(=O)N(CCCOC)C[C@@H]2N1C(=O)NCc1ccccc1. The van der Waals surface area contributed by atoms with Gasteiger partial charge in [-0.25, -0.2) is 9.80 Å². The highest BCUT2D eigenvalue weighted by Crippen LogP contribution is 2.28. The fourth-order valence-electron chi connectivity index (χ4n) is 4.44. The predicted molar refractivity (Wildman–Crippen MR) is 123 cm³/mol. The Labute approximate surface area is 195 Å². The highest BCUT2D eigenvalue weighted by Gasteiger charge is 2.50. The van der Waals surface area contributed by atoms with Crippen LogP contribution in [0.25, 0.3) is 0 Å². The molecule has 178 valence electrons. The molecule has 0 aromatic heterocycles. The van der Waals surface area contributed by atoms with Gasteiger partial charge in [0, 0.05) is 26.8 Å². The number of benzene rings is 1. The first-order valence-electron chi connectivity index (χ1n) is 11.4. The van der Waals surface area contributed by atoms with Gasteiger partial charge in [0.15, 0.2) is 0 Å². The summed E-state index contributed by atoms with van der Waals surface area (Å²) in [5.41, 5.74) is 0.961. The maximum Gasteiger partial charge on any atom is 0.334 e. The second-order valence-corrected chi connectivity index (χ2v) is 8.23. The summed E-state index contributed by atoms with van der Waals surface area (Å²) in [6, 6.07) is 8.65. The number of hydrazine groups is 1. The lowest BCUT2D eigenvalue weighted by molar-refractivity contribution is -0.189. The van der Waals surface area contributed by atoms with Gasteiger partial charge in [-0.1, -0.05) is 49.6 Å². The van der Waals surface area contributed by atoms with Crippen LogP contribution in [-0.2, 0) is 20.9 Å². The molecule has 1 aromatic rings. The molecule has 2 fully saturated rings. The van der Waals surface area contributed by atoms with Gasteiger partial charge >= 0.3 is 6.03 Å². The van der Waals surface area contributed by atoms with Crippen LogP contribution < -0.4 is 5.32 Å². The fourth-order valence-corrected chi connectivity index (χ4v) is 4.44. The summed E-state index contributed by atoms with van der Waals surface area (Å²) in [5, 5.41) is 6.07. The molecule has 1 N–H and O–H groups in total. The Morgan fingerprint density at radius 3 is 2.70 bits per heavy atom. The summed E-state index contributed by atoms with van der Waals surface area (Å²) < 4.78 is 5.14. The molecule has 3 rings (SSSR count). The van der Waals surface area contributed by atoms with Gasteiger partial charge in [-0.15, -0.1) is 6.42 Å². The number of carbonyl (C=O) groups is 3. The molecule has 2 aliphatic heterocycles. The molecule has 0 unspecified atom stereocenters. The highest BCUT2D eigenvalue weighted by atomic mass is 16.5. The van der Waals surface area contributed by atoms with Crippen molar-refractivity contribution >= 4 is 17.8 Å². The second-order valence-electron chi connectivity index (χ2n) is 8.23. The van der Waals surface area contributed by atoms with Gasteiger partial charge in [0.25, 0.3) is 0 Å². The third-order valence-electron chi connectivity index (χ3n) is 5.94. The molecule has 9 heteroatoms. The van der Waals surface area contributed by atoms with Crippen molar-refractivity contribution in [2.45, 2.75) is 44.9 Å². The molecule has 4 amide bonds. The summed E-state index contributed by atoms with van der Waals surface area (Å²) in [4.78, 5) is 43.1. The van der Waals surface area contributed by atoms with E-state index >= 15 is 0 Å². The molecule has 2 atom stereocenters. The number of methoxy groups -OCH3 is 1. The number of amides is 4. The lowest BCUT2D eigenvalue weighted by Gasteiger charge is -2.55. The molecule has 0 bridgehead atoms. The minimum Gasteiger partial charge on any atom is -0.385 e. The van der Waals surface area contributed by atoms with Crippen molar-refractivity contribution in [1.82, 2.24) is 25.1 Å². The van der Waals surface area contributed by atoms with E-state index in [2.05, 4.69) is 11.2 Å². The average molecular weight is 456 g/mol. The van der Waals surface area contributed by atoms with Gasteiger partial charge in [0.2, 0.25) is 11.8 Å². The van der Waals surface area contributed by atoms with Crippen molar-refractivity contribution < 1.29 is 19.1 Å². The predicted octanol–water partition coefficient (Wildman–Crippen LogP) is 1.26. The number of hydrogen-bond donors (Lipinski definition) is 1. The first-order chi connectivity index (χ1) is 16.0. The Kier molecular flexibility index (Phi) is 8.69. The normalized spacial score (nSPS) is 21.1. The Hall–Kier alpha value is -3.09. The first kappa shape index (κ1) is 24.6. The van der Waals surface area contributed by atoms with E-state index in [1.807, 2.05) is 37.3 Å². The standard InChI is InChI=1S/C24H33N5O4/c1-4-10-20-23(31)26(14-9-15-33-3)17-21-28(20)22(30)18-27(13-5-2)29(21)24(32)25-16-19-11-7-6-8-12-19/h2,6-8,11-12,20-21H,4,9-10,13-18H2,1,3H3,(H,25,32)/t20-,21-/m0/s1. The smallest absolute Gasteiger partial charge is 0.334 e. The molecule has 0 radical (unpaired) electrons. The summed E-state index contributed by atoms with van der Waals surface area (Å²) in [6.45, 7) is 3.65. The number of nitrogens with one attached hydrogen (secondary N) is 1. The Balaban J connectivity index is 1.87. The number of terminal acetylenes is 1. The average Bonchev–Trinajstić information content (AvgIpc) is 2.81. The summed E-state index contributed by atoms with van der Waals surface area (Å²) in [6.07, 6.45) is 6.89. The van der Waals surface area contributed by atoms with E-state index in [1.165, 1.54) is 5.01 Å². The largest absolute Gasteiger partial charge is 0.385 e. The van der Waals surface area contributed by atoms with Crippen LogP contribution in [0.15, 0.2) is 30.3 Å². The topological polar surface area (TPSA) is 85.4 Å². The molecule has 0 spiro atoms. The molecule has 0 aliphatic carbocycles. The van der Waals surface area contributed by atoms with E-state index in [1.54, 1.807) is 21.9 Å². The van der Waals surface area contributed by atoms with Crippen molar-refractivity contribution in [2.75, 3.05) is 39.9 Å². The molecule has 2 heterocycles. The maximum atomic E-state index is 13.4. The van der Waals surface area contributed by atoms with E-state index < -0.39 is 12.2 Å². The van der Waals surface area contributed by atoms with E-state index in [0.29, 0.717) is 32.5 Å². The van der Waals surface area contributed by atoms with Gasteiger partial charge in [-0.2, -0.15) is 5.01 Å². The lowest BCUT2D eigenvalue weighted by atomic mass is 10.0. The van der Waals surface area contributed by atoms with Gasteiger partial charge in [0.05, 0.1) is 19.6 Å². The third-order valence-corrected chi connectivity index (χ3v) is 5.94. The molecule has 2 saturated heterocycles. The number of nitrogens with zero attached hydrogens (tertiary/aromatic N) is 4. The zero-order valence-corrected chi connectivity index (χ0v) is 19.4. The minimum absolute atomic E-state index is 0.0450. The molecule has 2 aliphatic rings. The Bertz CT molecular complexity index is 871. The molecule has 33 heavy (non-hydrogen) atoms. The van der Waals surface area contributed by atoms with Crippen molar-refractivity contribution in [3.63, 3.8) is 0 Å². The molecule has 9 nitrogen and oxygen atoms in total. The van der Waals surface area contributed by atoms with Crippen molar-refractivity contribution in [2.24, 2.45) is 0 Å². The van der Waals surface area contributed by atoms with Crippen molar-refractivity contribution in [1.29, 1.82) is 0 Å². The van der Waals surface area contributed by atoms with Crippen LogP contribution in [0.4, 0.5) is 4.79 Å². The van der Waals surface area contributed by atoms with Crippen LogP contribution in [0.2, 0.25) is 0 Å². The van der Waals surface area contributed by atoms with Gasteiger partial charge in [-0.3, -0.25) is 9.59 Å². The number of fused-ring (bicyclic) bond motifs is 1. The van der Waals surface area contributed by atoms with Gasteiger partial charge in [-0.05, 0) is 18.4 Å². The quantitative estimate of drug-likeness (QED) is 0.448. The van der Waals surface area contributed by atoms with E-state index in [4.69, 9.17) is 11.2 Å². The van der Waals surface area contributed by atoms with E-state index in [9.17, 15) is 14.4 Å². The molecular formula is C24H33N5O4. The van der Waals surface area contributed by atoms with Crippen molar-refractivity contribution in [3.8, 4) is 12.3 Å². The monoisotopic (exact) mass is 455 g/mol. The van der Waals surface area contributed by atoms with E-state index in [-0.39, 0.29) is 37.5 Å². The van der Waals surface area contributed by atoms with E-state index in [0.717, 1.165) is 12.0 Å². The molecule has 0 saturated carbocycles. The van der Waals surface area contributed by atoms with Crippen LogP contribution >= 0.6 is 0 Å². The summed E-state index contributed by atoms with van der Waals surface area (Å²) >= 11 is 0. The summed E-state index contributed by atoms with van der Waals surface area (Å²) in [7, 11) is 1.62. The number of rotatable bonds is 9. The van der Waals surface area contributed by atoms with Crippen LogP contribution in [0.5, 0.6) is 0 Å². The number of carbonyl (C=O) groups excluding carboxylic acids is 3.